The molecule has 7 heteroatoms. The van der Waals surface area contributed by atoms with Crippen molar-refractivity contribution in [3.8, 4) is 0 Å². The zero-order chi connectivity index (χ0) is 15.7. The fraction of sp³-hybridized carbons (Fsp3) is 0.769. The van der Waals surface area contributed by atoms with Crippen molar-refractivity contribution in [2.45, 2.75) is 45.6 Å². The third-order valence-electron chi connectivity index (χ3n) is 3.22. The maximum absolute atomic E-state index is 11.5. The van der Waals surface area contributed by atoms with Gasteiger partial charge in [0.15, 0.2) is 0 Å². The number of amides is 1. The van der Waals surface area contributed by atoms with E-state index in [9.17, 15) is 14.4 Å². The van der Waals surface area contributed by atoms with Crippen molar-refractivity contribution in [2.75, 3.05) is 6.54 Å². The molecule has 116 valence electrons. The lowest BCUT2D eigenvalue weighted by atomic mass is 9.88. The summed E-state index contributed by atoms with van der Waals surface area (Å²) in [6, 6.07) is -1.05. The molecular weight excluding hydrogens is 264 g/mol. The van der Waals surface area contributed by atoms with Gasteiger partial charge < -0.3 is 21.3 Å². The molecule has 0 radical (unpaired) electrons. The van der Waals surface area contributed by atoms with Crippen LogP contribution in [0.15, 0.2) is 0 Å². The molecule has 0 bridgehead atoms. The van der Waals surface area contributed by atoms with Crippen molar-refractivity contribution in [2.24, 2.45) is 17.6 Å². The molecule has 0 rings (SSSR count). The second-order valence-electron chi connectivity index (χ2n) is 5.22. The average molecular weight is 288 g/mol. The lowest BCUT2D eigenvalue weighted by Crippen LogP contribution is -2.42. The smallest absolute Gasteiger partial charge is 0.305 e. The van der Waals surface area contributed by atoms with E-state index in [1.807, 2.05) is 13.8 Å². The minimum atomic E-state index is -1.12. The fourth-order valence-corrected chi connectivity index (χ4v) is 1.91. The molecule has 0 aromatic heterocycles. The van der Waals surface area contributed by atoms with E-state index >= 15 is 0 Å². The van der Waals surface area contributed by atoms with E-state index in [0.29, 0.717) is 25.3 Å². The Hall–Kier alpha value is -1.63. The molecule has 5 N–H and O–H groups in total. The van der Waals surface area contributed by atoms with Crippen molar-refractivity contribution in [3.05, 3.63) is 0 Å². The standard InChI is InChI=1S/C13H24N2O5/c1-8(2)9(3-4-11(16)17)5-6-15-13(20)10(14)7-12(18)19/h8-10H,3-7,14H2,1-2H3,(H,15,20)(H,16,17)(H,18,19). The summed E-state index contributed by atoms with van der Waals surface area (Å²) in [5.41, 5.74) is 5.42. The van der Waals surface area contributed by atoms with Crippen molar-refractivity contribution in [1.82, 2.24) is 5.32 Å². The van der Waals surface area contributed by atoms with Crippen LogP contribution in [0, 0.1) is 11.8 Å². The largest absolute Gasteiger partial charge is 0.481 e. The summed E-state index contributed by atoms with van der Waals surface area (Å²) >= 11 is 0. The van der Waals surface area contributed by atoms with Crippen molar-refractivity contribution >= 4 is 17.8 Å². The van der Waals surface area contributed by atoms with Gasteiger partial charge in [-0.05, 0) is 24.7 Å². The molecule has 2 atom stereocenters. The molecule has 0 spiro atoms. The highest BCUT2D eigenvalue weighted by Crippen LogP contribution is 2.20. The maximum atomic E-state index is 11.5. The van der Waals surface area contributed by atoms with Gasteiger partial charge in [-0.2, -0.15) is 0 Å². The van der Waals surface area contributed by atoms with Crippen LogP contribution in [0.1, 0.15) is 39.5 Å². The highest BCUT2D eigenvalue weighted by atomic mass is 16.4. The van der Waals surface area contributed by atoms with Crippen LogP contribution in [-0.2, 0) is 14.4 Å². The number of nitrogens with two attached hydrogens (primary N) is 1. The summed E-state index contributed by atoms with van der Waals surface area (Å²) in [5, 5.41) is 19.8. The molecule has 2 unspecified atom stereocenters. The first-order chi connectivity index (χ1) is 9.23. The zero-order valence-electron chi connectivity index (χ0n) is 12.0. The van der Waals surface area contributed by atoms with E-state index in [-0.39, 0.29) is 12.3 Å². The summed E-state index contributed by atoms with van der Waals surface area (Å²) in [6.07, 6.45) is 0.911. The van der Waals surface area contributed by atoms with Gasteiger partial charge in [-0.25, -0.2) is 0 Å². The topological polar surface area (TPSA) is 130 Å². The predicted octanol–water partition coefficient (Wildman–Crippen LogP) is 0.432. The predicted molar refractivity (Wildman–Crippen MR) is 73.1 cm³/mol. The molecule has 0 fully saturated rings. The van der Waals surface area contributed by atoms with Gasteiger partial charge in [0.1, 0.15) is 0 Å². The Balaban J connectivity index is 4.07. The van der Waals surface area contributed by atoms with E-state index < -0.39 is 30.3 Å². The van der Waals surface area contributed by atoms with E-state index in [2.05, 4.69) is 5.32 Å². The number of rotatable bonds is 10. The summed E-state index contributed by atoms with van der Waals surface area (Å²) in [6.45, 7) is 4.38. The average Bonchev–Trinajstić information content (AvgIpc) is 2.31. The maximum Gasteiger partial charge on any atom is 0.305 e. The molecule has 0 aromatic carbocycles. The number of aliphatic carboxylic acids is 2. The van der Waals surface area contributed by atoms with Gasteiger partial charge in [-0.1, -0.05) is 13.8 Å². The van der Waals surface area contributed by atoms with E-state index in [0.717, 1.165) is 0 Å². The van der Waals surface area contributed by atoms with E-state index in [1.165, 1.54) is 0 Å². The Morgan fingerprint density at radius 3 is 2.15 bits per heavy atom. The number of hydrogen-bond acceptors (Lipinski definition) is 4. The molecule has 7 nitrogen and oxygen atoms in total. The summed E-state index contributed by atoms with van der Waals surface area (Å²) in [5.74, 6) is -1.92. The summed E-state index contributed by atoms with van der Waals surface area (Å²) in [4.78, 5) is 32.5. The van der Waals surface area contributed by atoms with Crippen LogP contribution in [0.2, 0.25) is 0 Å². The molecule has 0 saturated heterocycles. The van der Waals surface area contributed by atoms with Crippen LogP contribution < -0.4 is 11.1 Å². The van der Waals surface area contributed by atoms with Gasteiger partial charge in [0.05, 0.1) is 12.5 Å². The SMILES string of the molecule is CC(C)C(CCNC(=O)C(N)CC(=O)O)CCC(=O)O. The Morgan fingerprint density at radius 2 is 1.70 bits per heavy atom. The third-order valence-corrected chi connectivity index (χ3v) is 3.22. The number of carboxylic acids is 2. The zero-order valence-corrected chi connectivity index (χ0v) is 12.0. The first-order valence-electron chi connectivity index (χ1n) is 6.71. The molecule has 0 aromatic rings. The van der Waals surface area contributed by atoms with Crippen LogP contribution in [0.4, 0.5) is 0 Å². The number of carbonyl (C=O) groups is 3. The second kappa shape index (κ2) is 9.30. The fourth-order valence-electron chi connectivity index (χ4n) is 1.91. The third kappa shape index (κ3) is 8.47. The molecule has 0 aliphatic carbocycles. The van der Waals surface area contributed by atoms with Gasteiger partial charge in [0.2, 0.25) is 5.91 Å². The summed E-state index contributed by atoms with van der Waals surface area (Å²) < 4.78 is 0. The Kier molecular flexibility index (Phi) is 8.54. The van der Waals surface area contributed by atoms with Crippen molar-refractivity contribution in [3.63, 3.8) is 0 Å². The van der Waals surface area contributed by atoms with Crippen LogP contribution in [0.5, 0.6) is 0 Å². The highest BCUT2D eigenvalue weighted by molar-refractivity contribution is 5.85. The first-order valence-corrected chi connectivity index (χ1v) is 6.71. The summed E-state index contributed by atoms with van der Waals surface area (Å²) in [7, 11) is 0. The van der Waals surface area contributed by atoms with Gasteiger partial charge in [-0.3, -0.25) is 14.4 Å². The lowest BCUT2D eigenvalue weighted by molar-refractivity contribution is -0.139. The van der Waals surface area contributed by atoms with Gasteiger partial charge in [-0.15, -0.1) is 0 Å². The quantitative estimate of drug-likeness (QED) is 0.461. The molecule has 0 heterocycles. The van der Waals surface area contributed by atoms with Gasteiger partial charge in [0.25, 0.3) is 0 Å². The number of carbonyl (C=O) groups excluding carboxylic acids is 1. The monoisotopic (exact) mass is 288 g/mol. The molecule has 0 aliphatic rings. The number of hydrogen-bond donors (Lipinski definition) is 4. The van der Waals surface area contributed by atoms with Crippen LogP contribution >= 0.6 is 0 Å². The second-order valence-corrected chi connectivity index (χ2v) is 5.22. The first kappa shape index (κ1) is 18.4. The van der Waals surface area contributed by atoms with Gasteiger partial charge in [0, 0.05) is 13.0 Å². The normalized spacial score (nSPS) is 13.8. The molecular formula is C13H24N2O5. The molecule has 0 saturated carbocycles. The molecule has 1 amide bonds. The highest BCUT2D eigenvalue weighted by Gasteiger charge is 2.18. The molecule has 20 heavy (non-hydrogen) atoms. The molecule has 0 aliphatic heterocycles. The van der Waals surface area contributed by atoms with Crippen LogP contribution in [-0.4, -0.2) is 40.6 Å². The lowest BCUT2D eigenvalue weighted by Gasteiger charge is -2.20. The Bertz CT molecular complexity index is 344. The number of carboxylic acid groups (broad SMARTS) is 2. The minimum absolute atomic E-state index is 0.106. The van der Waals surface area contributed by atoms with Crippen LogP contribution in [0.3, 0.4) is 0 Å². The Labute approximate surface area is 118 Å². The number of nitrogens with one attached hydrogen (secondary N) is 1. The van der Waals surface area contributed by atoms with Gasteiger partial charge >= 0.3 is 11.9 Å². The minimum Gasteiger partial charge on any atom is -0.481 e. The van der Waals surface area contributed by atoms with Crippen molar-refractivity contribution in [1.29, 1.82) is 0 Å². The van der Waals surface area contributed by atoms with E-state index in [4.69, 9.17) is 15.9 Å². The van der Waals surface area contributed by atoms with E-state index in [1.54, 1.807) is 0 Å². The van der Waals surface area contributed by atoms with Crippen LogP contribution in [0.25, 0.3) is 0 Å². The Morgan fingerprint density at radius 1 is 1.10 bits per heavy atom. The van der Waals surface area contributed by atoms with Crippen molar-refractivity contribution < 1.29 is 24.6 Å².